The van der Waals surface area contributed by atoms with Crippen molar-refractivity contribution in [1.82, 2.24) is 4.98 Å². The summed E-state index contributed by atoms with van der Waals surface area (Å²) in [6.45, 7) is 0. The van der Waals surface area contributed by atoms with Gasteiger partial charge in [-0.05, 0) is 51.6 Å². The van der Waals surface area contributed by atoms with Gasteiger partial charge in [-0.25, -0.2) is 4.98 Å². The van der Waals surface area contributed by atoms with Gasteiger partial charge in [-0.15, -0.1) is 0 Å². The molecule has 0 aliphatic heterocycles. The Morgan fingerprint density at radius 3 is 2.85 bits per heavy atom. The van der Waals surface area contributed by atoms with Crippen LogP contribution in [0.5, 0.6) is 17.4 Å². The van der Waals surface area contributed by atoms with E-state index in [4.69, 9.17) is 10.5 Å². The van der Waals surface area contributed by atoms with Gasteiger partial charge in [0.1, 0.15) is 11.5 Å². The van der Waals surface area contributed by atoms with E-state index in [0.29, 0.717) is 21.8 Å². The van der Waals surface area contributed by atoms with Crippen molar-refractivity contribution in [3.8, 4) is 17.4 Å². The second-order valence-electron chi connectivity index (χ2n) is 4.28. The highest BCUT2D eigenvalue weighted by Crippen LogP contribution is 2.36. The SMILES string of the molecule is Nc1cccc(Oc2nccc3ccc(O)cc23)c1Br. The Bertz CT molecular complexity index is 790. The molecule has 0 fully saturated rings. The molecule has 1 aromatic heterocycles. The molecule has 0 bridgehead atoms. The number of anilines is 1. The number of aromatic nitrogens is 1. The Kier molecular flexibility index (Phi) is 3.20. The molecule has 3 aromatic rings. The summed E-state index contributed by atoms with van der Waals surface area (Å²) in [5, 5.41) is 11.3. The van der Waals surface area contributed by atoms with E-state index in [1.165, 1.54) is 0 Å². The molecule has 0 radical (unpaired) electrons. The number of hydrogen-bond acceptors (Lipinski definition) is 4. The minimum absolute atomic E-state index is 0.169. The molecule has 0 atom stereocenters. The van der Waals surface area contributed by atoms with Gasteiger partial charge in [-0.3, -0.25) is 0 Å². The molecule has 20 heavy (non-hydrogen) atoms. The van der Waals surface area contributed by atoms with Crippen LogP contribution in [-0.4, -0.2) is 10.1 Å². The number of ether oxygens (including phenoxy) is 1. The molecule has 0 aliphatic rings. The minimum atomic E-state index is 0.169. The van der Waals surface area contributed by atoms with Gasteiger partial charge in [0.25, 0.3) is 0 Å². The van der Waals surface area contributed by atoms with Crippen LogP contribution in [0.25, 0.3) is 10.8 Å². The highest BCUT2D eigenvalue weighted by molar-refractivity contribution is 9.10. The van der Waals surface area contributed by atoms with Crippen molar-refractivity contribution in [1.29, 1.82) is 0 Å². The summed E-state index contributed by atoms with van der Waals surface area (Å²) in [6.07, 6.45) is 1.66. The molecule has 3 rings (SSSR count). The lowest BCUT2D eigenvalue weighted by molar-refractivity contribution is 0.463. The van der Waals surface area contributed by atoms with Crippen molar-refractivity contribution in [2.24, 2.45) is 0 Å². The van der Waals surface area contributed by atoms with Gasteiger partial charge in [-0.1, -0.05) is 12.1 Å². The third kappa shape index (κ3) is 2.28. The fourth-order valence-electron chi connectivity index (χ4n) is 1.92. The summed E-state index contributed by atoms with van der Waals surface area (Å²) in [4.78, 5) is 4.22. The van der Waals surface area contributed by atoms with Gasteiger partial charge in [0.05, 0.1) is 4.47 Å². The average Bonchev–Trinajstić information content (AvgIpc) is 2.44. The van der Waals surface area contributed by atoms with E-state index in [2.05, 4.69) is 20.9 Å². The van der Waals surface area contributed by atoms with Crippen LogP contribution in [0.2, 0.25) is 0 Å². The number of hydrogen-bond donors (Lipinski definition) is 2. The van der Waals surface area contributed by atoms with E-state index in [0.717, 1.165) is 10.8 Å². The highest BCUT2D eigenvalue weighted by Gasteiger charge is 2.09. The molecular formula is C15H11BrN2O2. The van der Waals surface area contributed by atoms with E-state index >= 15 is 0 Å². The van der Waals surface area contributed by atoms with Crippen molar-refractivity contribution < 1.29 is 9.84 Å². The monoisotopic (exact) mass is 330 g/mol. The first-order valence-electron chi connectivity index (χ1n) is 5.95. The van der Waals surface area contributed by atoms with Crippen LogP contribution in [0.4, 0.5) is 5.69 Å². The molecule has 0 amide bonds. The van der Waals surface area contributed by atoms with Crippen molar-refractivity contribution >= 4 is 32.4 Å². The number of nitrogens with zero attached hydrogens (tertiary/aromatic N) is 1. The number of nitrogens with two attached hydrogens (primary N) is 1. The summed E-state index contributed by atoms with van der Waals surface area (Å²) < 4.78 is 6.49. The molecular weight excluding hydrogens is 320 g/mol. The predicted octanol–water partition coefficient (Wildman–Crippen LogP) is 4.08. The van der Waals surface area contributed by atoms with E-state index in [1.54, 1.807) is 36.5 Å². The standard InChI is InChI=1S/C15H11BrN2O2/c16-14-12(17)2-1-3-13(14)20-15-11-8-10(19)5-4-9(11)6-7-18-15/h1-8,19H,17H2. The van der Waals surface area contributed by atoms with E-state index in [9.17, 15) is 5.11 Å². The zero-order valence-electron chi connectivity index (χ0n) is 10.4. The molecule has 2 aromatic carbocycles. The van der Waals surface area contributed by atoms with Gasteiger partial charge in [0, 0.05) is 17.3 Å². The summed E-state index contributed by atoms with van der Waals surface area (Å²) >= 11 is 3.39. The second kappa shape index (κ2) is 5.02. The Morgan fingerprint density at radius 1 is 1.15 bits per heavy atom. The lowest BCUT2D eigenvalue weighted by Gasteiger charge is -2.10. The van der Waals surface area contributed by atoms with Crippen LogP contribution in [0, 0.1) is 0 Å². The molecule has 0 saturated carbocycles. The maximum atomic E-state index is 9.61. The maximum Gasteiger partial charge on any atom is 0.227 e. The number of rotatable bonds is 2. The van der Waals surface area contributed by atoms with Crippen LogP contribution in [0.3, 0.4) is 0 Å². The molecule has 4 nitrogen and oxygen atoms in total. The van der Waals surface area contributed by atoms with Crippen molar-refractivity contribution in [2.45, 2.75) is 0 Å². The minimum Gasteiger partial charge on any atom is -0.508 e. The fourth-order valence-corrected chi connectivity index (χ4v) is 2.27. The number of halogens is 1. The fraction of sp³-hybridized carbons (Fsp3) is 0. The van der Waals surface area contributed by atoms with Gasteiger partial charge in [0.15, 0.2) is 0 Å². The number of pyridine rings is 1. The van der Waals surface area contributed by atoms with Crippen molar-refractivity contribution in [3.63, 3.8) is 0 Å². The lowest BCUT2D eigenvalue weighted by atomic mass is 10.1. The number of fused-ring (bicyclic) bond motifs is 1. The molecule has 0 aliphatic carbocycles. The lowest BCUT2D eigenvalue weighted by Crippen LogP contribution is -1.93. The van der Waals surface area contributed by atoms with Crippen LogP contribution in [0.15, 0.2) is 53.1 Å². The summed E-state index contributed by atoms with van der Waals surface area (Å²) in [6, 6.07) is 12.3. The van der Waals surface area contributed by atoms with Crippen LogP contribution in [0.1, 0.15) is 0 Å². The molecule has 5 heteroatoms. The molecule has 0 spiro atoms. The van der Waals surface area contributed by atoms with Crippen LogP contribution >= 0.6 is 15.9 Å². The van der Waals surface area contributed by atoms with E-state index in [1.807, 2.05) is 12.1 Å². The van der Waals surface area contributed by atoms with Gasteiger partial charge in [-0.2, -0.15) is 0 Å². The highest BCUT2D eigenvalue weighted by atomic mass is 79.9. The van der Waals surface area contributed by atoms with Gasteiger partial charge < -0.3 is 15.6 Å². The average molecular weight is 331 g/mol. The first-order chi connectivity index (χ1) is 9.65. The zero-order chi connectivity index (χ0) is 14.1. The van der Waals surface area contributed by atoms with E-state index < -0.39 is 0 Å². The number of phenols is 1. The third-order valence-corrected chi connectivity index (χ3v) is 3.76. The van der Waals surface area contributed by atoms with E-state index in [-0.39, 0.29) is 5.75 Å². The van der Waals surface area contributed by atoms with Crippen LogP contribution in [-0.2, 0) is 0 Å². The smallest absolute Gasteiger partial charge is 0.227 e. The van der Waals surface area contributed by atoms with Crippen molar-refractivity contribution in [3.05, 3.63) is 53.1 Å². The predicted molar refractivity (Wildman–Crippen MR) is 82.0 cm³/mol. The Morgan fingerprint density at radius 2 is 2.00 bits per heavy atom. The Balaban J connectivity index is 2.11. The Labute approximate surface area is 124 Å². The molecule has 0 unspecified atom stereocenters. The van der Waals surface area contributed by atoms with Gasteiger partial charge >= 0.3 is 0 Å². The zero-order valence-corrected chi connectivity index (χ0v) is 12.0. The first-order valence-corrected chi connectivity index (χ1v) is 6.74. The van der Waals surface area contributed by atoms with Crippen LogP contribution < -0.4 is 10.5 Å². The number of aromatic hydroxyl groups is 1. The second-order valence-corrected chi connectivity index (χ2v) is 5.08. The number of phenolic OH excluding ortho intramolecular Hbond substituents is 1. The molecule has 100 valence electrons. The quantitative estimate of drug-likeness (QED) is 0.695. The maximum absolute atomic E-state index is 9.61. The Hall–Kier alpha value is -2.27. The molecule has 3 N–H and O–H groups in total. The molecule has 0 saturated heterocycles. The number of nitrogen functional groups attached to an aromatic ring is 1. The topological polar surface area (TPSA) is 68.4 Å². The largest absolute Gasteiger partial charge is 0.508 e. The summed E-state index contributed by atoms with van der Waals surface area (Å²) in [5.74, 6) is 1.17. The third-order valence-electron chi connectivity index (χ3n) is 2.91. The first kappa shape index (κ1) is 12.7. The molecule has 1 heterocycles. The summed E-state index contributed by atoms with van der Waals surface area (Å²) in [7, 11) is 0. The van der Waals surface area contributed by atoms with Gasteiger partial charge in [0.2, 0.25) is 5.88 Å². The normalized spacial score (nSPS) is 10.7. The number of benzene rings is 2. The van der Waals surface area contributed by atoms with Crippen molar-refractivity contribution in [2.75, 3.05) is 5.73 Å². The summed E-state index contributed by atoms with van der Waals surface area (Å²) in [5.41, 5.74) is 6.41.